The van der Waals surface area contributed by atoms with Crippen LogP contribution in [0.1, 0.15) is 51.1 Å². The molecule has 1 aliphatic rings. The second-order valence-electron chi connectivity index (χ2n) is 6.59. The molecule has 0 bridgehead atoms. The van der Waals surface area contributed by atoms with Gasteiger partial charge in [-0.2, -0.15) is 0 Å². The van der Waals surface area contributed by atoms with Crippen LogP contribution >= 0.6 is 0 Å². The Balaban J connectivity index is 2.01. The Labute approximate surface area is 144 Å². The molecule has 1 heterocycles. The first-order valence-corrected chi connectivity index (χ1v) is 8.93. The standard InChI is InChI=1S/C21H26N2O/c1-3-4-14-21(24)23(17-10-6-5-7-11-17)20-15-16(2)22-19-13-9-8-12-18(19)20/h5-13,16,20,22H,3-4,14-15H2,1-2H3/t16-,20+/m1/s1. The summed E-state index contributed by atoms with van der Waals surface area (Å²) in [5.74, 6) is 0.219. The number of hydrogen-bond acceptors (Lipinski definition) is 2. The Morgan fingerprint density at radius 2 is 1.83 bits per heavy atom. The van der Waals surface area contributed by atoms with Crippen molar-refractivity contribution >= 4 is 17.3 Å². The smallest absolute Gasteiger partial charge is 0.227 e. The van der Waals surface area contributed by atoms with Crippen molar-refractivity contribution in [3.8, 4) is 0 Å². The zero-order valence-corrected chi connectivity index (χ0v) is 14.5. The van der Waals surface area contributed by atoms with Gasteiger partial charge in [-0.3, -0.25) is 4.79 Å². The summed E-state index contributed by atoms with van der Waals surface area (Å²) in [6.07, 6.45) is 3.49. The monoisotopic (exact) mass is 322 g/mol. The maximum absolute atomic E-state index is 13.0. The second-order valence-corrected chi connectivity index (χ2v) is 6.59. The first-order chi connectivity index (χ1) is 11.7. The average molecular weight is 322 g/mol. The van der Waals surface area contributed by atoms with Gasteiger partial charge in [-0.05, 0) is 43.5 Å². The van der Waals surface area contributed by atoms with Crippen molar-refractivity contribution in [3.05, 3.63) is 60.2 Å². The summed E-state index contributed by atoms with van der Waals surface area (Å²) in [6.45, 7) is 4.31. The molecule has 0 radical (unpaired) electrons. The zero-order chi connectivity index (χ0) is 16.9. The number of hydrogen-bond donors (Lipinski definition) is 1. The summed E-state index contributed by atoms with van der Waals surface area (Å²) in [4.78, 5) is 15.0. The lowest BCUT2D eigenvalue weighted by Gasteiger charge is -2.39. The Bertz CT molecular complexity index is 683. The molecule has 0 saturated carbocycles. The summed E-state index contributed by atoms with van der Waals surface area (Å²) in [7, 11) is 0. The topological polar surface area (TPSA) is 32.3 Å². The van der Waals surface area contributed by atoms with E-state index in [4.69, 9.17) is 0 Å². The highest BCUT2D eigenvalue weighted by Gasteiger charge is 2.32. The van der Waals surface area contributed by atoms with Crippen LogP contribution in [0.2, 0.25) is 0 Å². The van der Waals surface area contributed by atoms with Gasteiger partial charge < -0.3 is 10.2 Å². The Hall–Kier alpha value is -2.29. The van der Waals surface area contributed by atoms with Crippen LogP contribution in [0.5, 0.6) is 0 Å². The molecule has 3 heteroatoms. The number of amides is 1. The van der Waals surface area contributed by atoms with Gasteiger partial charge in [0, 0.05) is 23.8 Å². The summed E-state index contributed by atoms with van der Waals surface area (Å²) in [5.41, 5.74) is 3.35. The molecule has 1 N–H and O–H groups in total. The number of nitrogens with zero attached hydrogens (tertiary/aromatic N) is 1. The van der Waals surface area contributed by atoms with E-state index in [1.165, 1.54) is 5.56 Å². The molecule has 2 aromatic carbocycles. The first-order valence-electron chi connectivity index (χ1n) is 8.93. The molecule has 1 aliphatic heterocycles. The molecule has 2 atom stereocenters. The quantitative estimate of drug-likeness (QED) is 0.825. The predicted molar refractivity (Wildman–Crippen MR) is 100 cm³/mol. The van der Waals surface area contributed by atoms with E-state index in [-0.39, 0.29) is 11.9 Å². The van der Waals surface area contributed by atoms with E-state index in [0.717, 1.165) is 30.6 Å². The van der Waals surface area contributed by atoms with E-state index >= 15 is 0 Å². The van der Waals surface area contributed by atoms with Gasteiger partial charge in [0.05, 0.1) is 6.04 Å². The molecule has 1 amide bonds. The lowest BCUT2D eigenvalue weighted by Crippen LogP contribution is -2.40. The molecular formula is C21H26N2O. The number of para-hydroxylation sites is 2. The Morgan fingerprint density at radius 1 is 1.12 bits per heavy atom. The summed E-state index contributed by atoms with van der Waals surface area (Å²) < 4.78 is 0. The molecule has 3 rings (SSSR count). The average Bonchev–Trinajstić information content (AvgIpc) is 2.61. The van der Waals surface area contributed by atoms with Crippen LogP contribution < -0.4 is 10.2 Å². The van der Waals surface area contributed by atoms with Crippen LogP contribution in [0.15, 0.2) is 54.6 Å². The van der Waals surface area contributed by atoms with E-state index in [9.17, 15) is 4.79 Å². The molecular weight excluding hydrogens is 296 g/mol. The van der Waals surface area contributed by atoms with E-state index in [1.807, 2.05) is 41.3 Å². The minimum Gasteiger partial charge on any atom is -0.382 e. The van der Waals surface area contributed by atoms with Gasteiger partial charge in [-0.1, -0.05) is 49.7 Å². The molecule has 126 valence electrons. The highest BCUT2D eigenvalue weighted by Crippen LogP contribution is 2.39. The Morgan fingerprint density at radius 3 is 2.58 bits per heavy atom. The van der Waals surface area contributed by atoms with Crippen molar-refractivity contribution in [1.29, 1.82) is 0 Å². The van der Waals surface area contributed by atoms with Crippen molar-refractivity contribution in [2.45, 2.75) is 51.6 Å². The lowest BCUT2D eigenvalue weighted by atomic mass is 9.91. The molecule has 24 heavy (non-hydrogen) atoms. The predicted octanol–water partition coefficient (Wildman–Crippen LogP) is 5.16. The number of carbonyl (C=O) groups excluding carboxylic acids is 1. The highest BCUT2D eigenvalue weighted by atomic mass is 16.2. The first kappa shape index (κ1) is 16.6. The van der Waals surface area contributed by atoms with Gasteiger partial charge in [-0.15, -0.1) is 0 Å². The van der Waals surface area contributed by atoms with E-state index in [1.54, 1.807) is 0 Å². The molecule has 0 unspecified atom stereocenters. The van der Waals surface area contributed by atoms with Crippen molar-refractivity contribution in [2.24, 2.45) is 0 Å². The number of rotatable bonds is 5. The van der Waals surface area contributed by atoms with Gasteiger partial charge in [0.25, 0.3) is 0 Å². The van der Waals surface area contributed by atoms with Crippen LogP contribution in [0.3, 0.4) is 0 Å². The van der Waals surface area contributed by atoms with Gasteiger partial charge >= 0.3 is 0 Å². The van der Waals surface area contributed by atoms with E-state index < -0.39 is 0 Å². The molecule has 2 aromatic rings. The third-order valence-electron chi connectivity index (χ3n) is 4.66. The highest BCUT2D eigenvalue weighted by molar-refractivity contribution is 5.94. The fourth-order valence-corrected chi connectivity index (χ4v) is 3.48. The fourth-order valence-electron chi connectivity index (χ4n) is 3.48. The van der Waals surface area contributed by atoms with Crippen LogP contribution in [0, 0.1) is 0 Å². The number of benzene rings is 2. The number of anilines is 2. The molecule has 0 saturated heterocycles. The van der Waals surface area contributed by atoms with Gasteiger partial charge in [0.2, 0.25) is 5.91 Å². The molecule has 3 nitrogen and oxygen atoms in total. The second kappa shape index (κ2) is 7.52. The largest absolute Gasteiger partial charge is 0.382 e. The van der Waals surface area contributed by atoms with Gasteiger partial charge in [-0.25, -0.2) is 0 Å². The number of carbonyl (C=O) groups is 1. The number of unbranched alkanes of at least 4 members (excludes halogenated alkanes) is 1. The van der Waals surface area contributed by atoms with Crippen LogP contribution in [0.25, 0.3) is 0 Å². The van der Waals surface area contributed by atoms with Crippen molar-refractivity contribution < 1.29 is 4.79 Å². The number of nitrogens with one attached hydrogen (secondary N) is 1. The van der Waals surface area contributed by atoms with Gasteiger partial charge in [0.1, 0.15) is 0 Å². The maximum atomic E-state index is 13.0. The number of fused-ring (bicyclic) bond motifs is 1. The normalized spacial score (nSPS) is 19.2. The minimum absolute atomic E-state index is 0.0872. The lowest BCUT2D eigenvalue weighted by molar-refractivity contribution is -0.119. The Kier molecular flexibility index (Phi) is 5.19. The molecule has 0 fully saturated rings. The summed E-state index contributed by atoms with van der Waals surface area (Å²) in [5, 5.41) is 3.54. The van der Waals surface area contributed by atoms with Crippen molar-refractivity contribution in [3.63, 3.8) is 0 Å². The molecule has 0 aromatic heterocycles. The van der Waals surface area contributed by atoms with Gasteiger partial charge in [0.15, 0.2) is 0 Å². The summed E-state index contributed by atoms with van der Waals surface area (Å²) in [6, 6.07) is 18.9. The third-order valence-corrected chi connectivity index (χ3v) is 4.66. The minimum atomic E-state index is 0.0872. The van der Waals surface area contributed by atoms with Crippen LogP contribution in [-0.4, -0.2) is 11.9 Å². The van der Waals surface area contributed by atoms with Crippen molar-refractivity contribution in [2.75, 3.05) is 10.2 Å². The zero-order valence-electron chi connectivity index (χ0n) is 14.5. The third kappa shape index (κ3) is 3.45. The van der Waals surface area contributed by atoms with E-state index in [2.05, 4.69) is 37.4 Å². The summed E-state index contributed by atoms with van der Waals surface area (Å²) >= 11 is 0. The SMILES string of the molecule is CCCCC(=O)N(c1ccccc1)[C@H]1C[C@@H](C)Nc2ccccc21. The molecule has 0 aliphatic carbocycles. The van der Waals surface area contributed by atoms with E-state index in [0.29, 0.717) is 12.5 Å². The maximum Gasteiger partial charge on any atom is 0.227 e. The van der Waals surface area contributed by atoms with Crippen LogP contribution in [0.4, 0.5) is 11.4 Å². The van der Waals surface area contributed by atoms with Crippen molar-refractivity contribution in [1.82, 2.24) is 0 Å². The van der Waals surface area contributed by atoms with Crippen LogP contribution in [-0.2, 0) is 4.79 Å². The fraction of sp³-hybridized carbons (Fsp3) is 0.381. The molecule has 0 spiro atoms.